The molecule has 0 amide bonds. The first kappa shape index (κ1) is 16.1. The minimum absolute atomic E-state index is 0.216. The van der Waals surface area contributed by atoms with E-state index in [1.165, 1.54) is 25.9 Å². The van der Waals surface area contributed by atoms with E-state index in [0.29, 0.717) is 0 Å². The fourth-order valence-corrected chi connectivity index (χ4v) is 2.95. The van der Waals surface area contributed by atoms with Crippen molar-refractivity contribution in [1.29, 1.82) is 0 Å². The molecule has 4 nitrogen and oxygen atoms in total. The fraction of sp³-hybridized carbons (Fsp3) is 0.647. The van der Waals surface area contributed by atoms with Crippen LogP contribution in [0.3, 0.4) is 0 Å². The van der Waals surface area contributed by atoms with Crippen molar-refractivity contribution in [3.63, 3.8) is 0 Å². The standard InChI is InChI=1S/C17H28N2O2/c1-4-18-14(2)17-15(20-3)8-7-9-16(17)21-13-12-19-10-5-6-11-19/h7-9,14,18H,4-6,10-13H2,1-3H3. The van der Waals surface area contributed by atoms with Crippen LogP contribution in [0.15, 0.2) is 18.2 Å². The zero-order chi connectivity index (χ0) is 15.1. The molecule has 0 aliphatic carbocycles. The number of nitrogens with one attached hydrogen (secondary N) is 1. The molecule has 21 heavy (non-hydrogen) atoms. The lowest BCUT2D eigenvalue weighted by atomic mass is 10.1. The Bertz CT molecular complexity index is 431. The molecule has 118 valence electrons. The van der Waals surface area contributed by atoms with Crippen LogP contribution >= 0.6 is 0 Å². The molecule has 1 saturated heterocycles. The van der Waals surface area contributed by atoms with Crippen LogP contribution in [-0.4, -0.2) is 44.8 Å². The summed E-state index contributed by atoms with van der Waals surface area (Å²) in [6, 6.07) is 6.24. The number of hydrogen-bond donors (Lipinski definition) is 1. The lowest BCUT2D eigenvalue weighted by molar-refractivity contribution is 0.234. The van der Waals surface area contributed by atoms with Gasteiger partial charge in [0.2, 0.25) is 0 Å². The Morgan fingerprint density at radius 3 is 2.62 bits per heavy atom. The van der Waals surface area contributed by atoms with Gasteiger partial charge in [-0.15, -0.1) is 0 Å². The topological polar surface area (TPSA) is 33.7 Å². The van der Waals surface area contributed by atoms with E-state index in [-0.39, 0.29) is 6.04 Å². The van der Waals surface area contributed by atoms with E-state index in [1.54, 1.807) is 7.11 Å². The third kappa shape index (κ3) is 4.35. The molecule has 2 rings (SSSR count). The number of methoxy groups -OCH3 is 1. The molecular formula is C17H28N2O2. The highest BCUT2D eigenvalue weighted by molar-refractivity contribution is 5.46. The van der Waals surface area contributed by atoms with E-state index in [1.807, 2.05) is 18.2 Å². The smallest absolute Gasteiger partial charge is 0.127 e. The molecule has 1 aromatic carbocycles. The fourth-order valence-electron chi connectivity index (χ4n) is 2.95. The Kier molecular flexibility index (Phi) is 6.33. The molecule has 0 radical (unpaired) electrons. The van der Waals surface area contributed by atoms with Crippen LogP contribution in [0.4, 0.5) is 0 Å². The van der Waals surface area contributed by atoms with Gasteiger partial charge in [-0.25, -0.2) is 0 Å². The Balaban J connectivity index is 2.02. The van der Waals surface area contributed by atoms with Crippen molar-refractivity contribution in [2.75, 3.05) is 39.9 Å². The first-order valence-corrected chi connectivity index (χ1v) is 8.01. The van der Waals surface area contributed by atoms with Crippen LogP contribution in [0.2, 0.25) is 0 Å². The molecule has 1 fully saturated rings. The van der Waals surface area contributed by atoms with Gasteiger partial charge in [-0.3, -0.25) is 4.90 Å². The lowest BCUT2D eigenvalue weighted by Gasteiger charge is -2.21. The molecule has 1 unspecified atom stereocenters. The highest BCUT2D eigenvalue weighted by Crippen LogP contribution is 2.33. The molecule has 0 aromatic heterocycles. The molecule has 1 aromatic rings. The largest absolute Gasteiger partial charge is 0.496 e. The van der Waals surface area contributed by atoms with Gasteiger partial charge in [0, 0.05) is 12.6 Å². The second-order valence-corrected chi connectivity index (χ2v) is 5.55. The summed E-state index contributed by atoms with van der Waals surface area (Å²) >= 11 is 0. The lowest BCUT2D eigenvalue weighted by Crippen LogP contribution is -2.25. The van der Waals surface area contributed by atoms with Gasteiger partial charge in [0.05, 0.1) is 12.7 Å². The predicted octanol–water partition coefficient (Wildman–Crippen LogP) is 2.84. The molecule has 4 heteroatoms. The first-order valence-electron chi connectivity index (χ1n) is 8.01. The molecule has 0 bridgehead atoms. The average Bonchev–Trinajstić information content (AvgIpc) is 3.00. The summed E-state index contributed by atoms with van der Waals surface area (Å²) < 4.78 is 11.6. The maximum absolute atomic E-state index is 6.05. The Hall–Kier alpha value is -1.26. The van der Waals surface area contributed by atoms with Crippen LogP contribution in [0, 0.1) is 0 Å². The van der Waals surface area contributed by atoms with Gasteiger partial charge in [0.1, 0.15) is 18.1 Å². The number of ether oxygens (including phenoxy) is 2. The molecule has 1 N–H and O–H groups in total. The van der Waals surface area contributed by atoms with Crippen molar-refractivity contribution in [3.05, 3.63) is 23.8 Å². The van der Waals surface area contributed by atoms with Gasteiger partial charge >= 0.3 is 0 Å². The number of benzene rings is 1. The van der Waals surface area contributed by atoms with E-state index in [4.69, 9.17) is 9.47 Å². The van der Waals surface area contributed by atoms with Gasteiger partial charge in [-0.2, -0.15) is 0 Å². The van der Waals surface area contributed by atoms with E-state index in [0.717, 1.165) is 36.8 Å². The predicted molar refractivity (Wildman–Crippen MR) is 86.3 cm³/mol. The number of nitrogens with zero attached hydrogens (tertiary/aromatic N) is 1. The zero-order valence-corrected chi connectivity index (χ0v) is 13.5. The second-order valence-electron chi connectivity index (χ2n) is 5.55. The minimum Gasteiger partial charge on any atom is -0.496 e. The molecule has 1 atom stereocenters. The summed E-state index contributed by atoms with van der Waals surface area (Å²) in [4.78, 5) is 2.47. The van der Waals surface area contributed by atoms with Crippen molar-refractivity contribution < 1.29 is 9.47 Å². The molecular weight excluding hydrogens is 264 g/mol. The van der Waals surface area contributed by atoms with Gasteiger partial charge < -0.3 is 14.8 Å². The SMILES string of the molecule is CCNC(C)c1c(OC)cccc1OCCN1CCCC1. The quantitative estimate of drug-likeness (QED) is 0.799. The van der Waals surface area contributed by atoms with Gasteiger partial charge in [-0.05, 0) is 51.5 Å². The Labute approximate surface area is 128 Å². The van der Waals surface area contributed by atoms with Gasteiger partial charge in [-0.1, -0.05) is 13.0 Å². The maximum atomic E-state index is 6.05. The molecule has 1 aliphatic rings. The Morgan fingerprint density at radius 1 is 1.24 bits per heavy atom. The Morgan fingerprint density at radius 2 is 1.95 bits per heavy atom. The van der Waals surface area contributed by atoms with Crippen LogP contribution in [0.1, 0.15) is 38.3 Å². The monoisotopic (exact) mass is 292 g/mol. The summed E-state index contributed by atoms with van der Waals surface area (Å²) in [7, 11) is 1.71. The third-order valence-corrected chi connectivity index (χ3v) is 4.05. The van der Waals surface area contributed by atoms with Gasteiger partial charge in [0.25, 0.3) is 0 Å². The van der Waals surface area contributed by atoms with Crippen molar-refractivity contribution in [2.45, 2.75) is 32.7 Å². The number of likely N-dealkylation sites (tertiary alicyclic amines) is 1. The number of rotatable bonds is 8. The molecule has 0 saturated carbocycles. The van der Waals surface area contributed by atoms with Crippen LogP contribution in [0.25, 0.3) is 0 Å². The first-order chi connectivity index (χ1) is 10.3. The minimum atomic E-state index is 0.216. The molecule has 0 spiro atoms. The summed E-state index contributed by atoms with van der Waals surface area (Å²) in [5, 5.41) is 3.44. The third-order valence-electron chi connectivity index (χ3n) is 4.05. The normalized spacial score (nSPS) is 16.9. The van der Waals surface area contributed by atoms with E-state index >= 15 is 0 Å². The molecule has 1 aliphatic heterocycles. The highest BCUT2D eigenvalue weighted by atomic mass is 16.5. The highest BCUT2D eigenvalue weighted by Gasteiger charge is 2.17. The number of hydrogen-bond acceptors (Lipinski definition) is 4. The van der Waals surface area contributed by atoms with Crippen molar-refractivity contribution in [3.8, 4) is 11.5 Å². The van der Waals surface area contributed by atoms with Crippen molar-refractivity contribution in [1.82, 2.24) is 10.2 Å². The molecule has 1 heterocycles. The van der Waals surface area contributed by atoms with Crippen LogP contribution in [0.5, 0.6) is 11.5 Å². The van der Waals surface area contributed by atoms with Crippen molar-refractivity contribution >= 4 is 0 Å². The van der Waals surface area contributed by atoms with Gasteiger partial charge in [0.15, 0.2) is 0 Å². The maximum Gasteiger partial charge on any atom is 0.127 e. The van der Waals surface area contributed by atoms with Crippen LogP contribution in [-0.2, 0) is 0 Å². The average molecular weight is 292 g/mol. The zero-order valence-electron chi connectivity index (χ0n) is 13.5. The van der Waals surface area contributed by atoms with E-state index in [2.05, 4.69) is 24.1 Å². The van der Waals surface area contributed by atoms with Crippen molar-refractivity contribution in [2.24, 2.45) is 0 Å². The van der Waals surface area contributed by atoms with Crippen LogP contribution < -0.4 is 14.8 Å². The summed E-state index contributed by atoms with van der Waals surface area (Å²) in [6.07, 6.45) is 2.64. The second kappa shape index (κ2) is 8.25. The summed E-state index contributed by atoms with van der Waals surface area (Å²) in [5.74, 6) is 1.82. The van der Waals surface area contributed by atoms with E-state index in [9.17, 15) is 0 Å². The summed E-state index contributed by atoms with van der Waals surface area (Å²) in [5.41, 5.74) is 1.11. The summed E-state index contributed by atoms with van der Waals surface area (Å²) in [6.45, 7) is 9.34. The van der Waals surface area contributed by atoms with E-state index < -0.39 is 0 Å².